The number of carbonyl (C=O) groups excluding carboxylic acids is 2. The van der Waals surface area contributed by atoms with Crippen molar-refractivity contribution >= 4 is 28.3 Å². The molecule has 0 bridgehead atoms. The molecule has 1 fully saturated rings. The van der Waals surface area contributed by atoms with Crippen molar-refractivity contribution in [3.05, 3.63) is 89.5 Å². The molecule has 1 aromatic heterocycles. The minimum atomic E-state index is -0.198. The summed E-state index contributed by atoms with van der Waals surface area (Å²) in [7, 11) is 3.21. The highest BCUT2D eigenvalue weighted by atomic mass is 32.1. The van der Waals surface area contributed by atoms with Crippen molar-refractivity contribution in [1.29, 1.82) is 0 Å². The molecule has 212 valence electrons. The molecule has 0 saturated heterocycles. The Labute approximate surface area is 244 Å². The number of aromatic nitrogens is 2. The number of methoxy groups -OCH3 is 2. The first-order valence-electron chi connectivity index (χ1n) is 13.7. The van der Waals surface area contributed by atoms with Gasteiger partial charge in [-0.05, 0) is 48.9 Å². The number of nitrogens with one attached hydrogen (secondary N) is 1. The molecule has 1 saturated carbocycles. The van der Waals surface area contributed by atoms with Crippen LogP contribution in [0.2, 0.25) is 0 Å². The molecule has 4 aromatic rings. The van der Waals surface area contributed by atoms with E-state index in [1.807, 2.05) is 72.5 Å². The molecule has 1 heterocycles. The van der Waals surface area contributed by atoms with Crippen molar-refractivity contribution in [1.82, 2.24) is 15.1 Å². The number of hydrogen-bond donors (Lipinski definition) is 1. The second-order valence-corrected chi connectivity index (χ2v) is 11.2. The van der Waals surface area contributed by atoms with E-state index in [1.54, 1.807) is 14.2 Å². The molecule has 41 heavy (non-hydrogen) atoms. The van der Waals surface area contributed by atoms with E-state index in [2.05, 4.69) is 27.6 Å². The molecule has 1 N–H and O–H groups in total. The summed E-state index contributed by atoms with van der Waals surface area (Å²) in [5.74, 6) is 1.36. The van der Waals surface area contributed by atoms with Crippen molar-refractivity contribution < 1.29 is 19.1 Å². The SMILES string of the molecule is COc1ccc(CCN(CCC(=O)Nc2nnc(-c3ccc(C)cc3)s2)C(=O)C2CC2c2ccccc2)cc1OC. The first kappa shape index (κ1) is 28.3. The summed E-state index contributed by atoms with van der Waals surface area (Å²) < 4.78 is 10.8. The third kappa shape index (κ3) is 7.10. The minimum Gasteiger partial charge on any atom is -0.493 e. The first-order valence-corrected chi connectivity index (χ1v) is 14.5. The Balaban J connectivity index is 1.23. The normalized spacial score (nSPS) is 15.7. The number of hydrogen-bond acceptors (Lipinski definition) is 7. The Morgan fingerprint density at radius 3 is 2.44 bits per heavy atom. The zero-order valence-electron chi connectivity index (χ0n) is 23.5. The van der Waals surface area contributed by atoms with Gasteiger partial charge in [-0.25, -0.2) is 0 Å². The Morgan fingerprint density at radius 2 is 1.71 bits per heavy atom. The highest BCUT2D eigenvalue weighted by Crippen LogP contribution is 2.48. The van der Waals surface area contributed by atoms with Crippen molar-refractivity contribution in [2.24, 2.45) is 5.92 Å². The average molecular weight is 571 g/mol. The molecule has 0 spiro atoms. The first-order chi connectivity index (χ1) is 19.9. The monoisotopic (exact) mass is 570 g/mol. The molecule has 2 atom stereocenters. The summed E-state index contributed by atoms with van der Waals surface area (Å²) in [5.41, 5.74) is 4.33. The fraction of sp³-hybridized carbons (Fsp3) is 0.312. The van der Waals surface area contributed by atoms with E-state index < -0.39 is 0 Å². The molecular weight excluding hydrogens is 536 g/mol. The zero-order valence-corrected chi connectivity index (χ0v) is 24.3. The highest BCUT2D eigenvalue weighted by Gasteiger charge is 2.45. The molecule has 3 aromatic carbocycles. The molecule has 1 aliphatic rings. The van der Waals surface area contributed by atoms with Gasteiger partial charge in [0.15, 0.2) is 11.5 Å². The van der Waals surface area contributed by atoms with Gasteiger partial charge in [-0.2, -0.15) is 0 Å². The molecule has 2 unspecified atom stereocenters. The van der Waals surface area contributed by atoms with Gasteiger partial charge in [0.1, 0.15) is 5.01 Å². The van der Waals surface area contributed by atoms with E-state index in [4.69, 9.17) is 9.47 Å². The molecule has 5 rings (SSSR count). The largest absolute Gasteiger partial charge is 0.493 e. The van der Waals surface area contributed by atoms with Crippen LogP contribution in [-0.4, -0.2) is 54.2 Å². The van der Waals surface area contributed by atoms with Crippen LogP contribution in [0.3, 0.4) is 0 Å². The van der Waals surface area contributed by atoms with E-state index in [0.29, 0.717) is 36.1 Å². The number of rotatable bonds is 12. The number of carbonyl (C=O) groups is 2. The van der Waals surface area contributed by atoms with E-state index in [1.165, 1.54) is 22.5 Å². The van der Waals surface area contributed by atoms with E-state index in [9.17, 15) is 9.59 Å². The maximum Gasteiger partial charge on any atom is 0.227 e. The van der Waals surface area contributed by atoms with Crippen LogP contribution >= 0.6 is 11.3 Å². The molecule has 9 heteroatoms. The van der Waals surface area contributed by atoms with Crippen molar-refractivity contribution in [3.8, 4) is 22.1 Å². The number of ether oxygens (including phenoxy) is 2. The maximum absolute atomic E-state index is 13.6. The number of amides is 2. The summed E-state index contributed by atoms with van der Waals surface area (Å²) in [6.45, 7) is 2.85. The van der Waals surface area contributed by atoms with Crippen LogP contribution in [-0.2, 0) is 16.0 Å². The maximum atomic E-state index is 13.6. The second kappa shape index (κ2) is 13.0. The molecule has 1 aliphatic carbocycles. The van der Waals surface area contributed by atoms with Gasteiger partial charge in [0.2, 0.25) is 16.9 Å². The summed E-state index contributed by atoms with van der Waals surface area (Å²) in [4.78, 5) is 28.3. The van der Waals surface area contributed by atoms with Gasteiger partial charge < -0.3 is 19.7 Å². The summed E-state index contributed by atoms with van der Waals surface area (Å²) in [6.07, 6.45) is 1.63. The fourth-order valence-electron chi connectivity index (χ4n) is 4.91. The third-order valence-corrected chi connectivity index (χ3v) is 8.23. The summed E-state index contributed by atoms with van der Waals surface area (Å²) >= 11 is 1.33. The van der Waals surface area contributed by atoms with Gasteiger partial charge in [0.25, 0.3) is 0 Å². The lowest BCUT2D eigenvalue weighted by molar-refractivity contribution is -0.133. The minimum absolute atomic E-state index is 0.0638. The van der Waals surface area contributed by atoms with Crippen LogP contribution in [0.1, 0.15) is 35.4 Å². The van der Waals surface area contributed by atoms with Crippen LogP contribution in [0.25, 0.3) is 10.6 Å². The van der Waals surface area contributed by atoms with Gasteiger partial charge in [-0.1, -0.05) is 77.6 Å². The predicted octanol–water partition coefficient (Wildman–Crippen LogP) is 5.73. The lowest BCUT2D eigenvalue weighted by atomic mass is 10.1. The van der Waals surface area contributed by atoms with Gasteiger partial charge in [0, 0.05) is 31.0 Å². The average Bonchev–Trinajstić information content (AvgIpc) is 3.68. The topological polar surface area (TPSA) is 93.6 Å². The smallest absolute Gasteiger partial charge is 0.227 e. The van der Waals surface area contributed by atoms with E-state index in [0.717, 1.165) is 22.6 Å². The third-order valence-electron chi connectivity index (χ3n) is 7.34. The van der Waals surface area contributed by atoms with E-state index in [-0.39, 0.29) is 30.1 Å². The fourth-order valence-corrected chi connectivity index (χ4v) is 5.67. The van der Waals surface area contributed by atoms with Crippen LogP contribution in [0.4, 0.5) is 5.13 Å². The second-order valence-electron chi connectivity index (χ2n) is 10.2. The summed E-state index contributed by atoms with van der Waals surface area (Å²) in [6, 6.07) is 23.9. The molecule has 2 amide bonds. The Morgan fingerprint density at radius 1 is 0.951 bits per heavy atom. The quantitative estimate of drug-likeness (QED) is 0.234. The van der Waals surface area contributed by atoms with Crippen molar-refractivity contribution in [3.63, 3.8) is 0 Å². The highest BCUT2D eigenvalue weighted by molar-refractivity contribution is 7.18. The number of benzene rings is 3. The summed E-state index contributed by atoms with van der Waals surface area (Å²) in [5, 5.41) is 12.4. The van der Waals surface area contributed by atoms with Crippen LogP contribution in [0.15, 0.2) is 72.8 Å². The molecule has 0 aliphatic heterocycles. The molecule has 0 radical (unpaired) electrons. The van der Waals surface area contributed by atoms with Gasteiger partial charge in [-0.15, -0.1) is 10.2 Å². The number of anilines is 1. The number of nitrogens with zero attached hydrogens (tertiary/aromatic N) is 3. The number of aryl methyl sites for hydroxylation is 1. The molecule has 8 nitrogen and oxygen atoms in total. The molecular formula is C32H34N4O4S. The van der Waals surface area contributed by atoms with E-state index >= 15 is 0 Å². The van der Waals surface area contributed by atoms with Gasteiger partial charge in [-0.3, -0.25) is 9.59 Å². The van der Waals surface area contributed by atoms with Crippen LogP contribution in [0, 0.1) is 12.8 Å². The van der Waals surface area contributed by atoms with Crippen LogP contribution in [0.5, 0.6) is 11.5 Å². The van der Waals surface area contributed by atoms with Crippen molar-refractivity contribution in [2.45, 2.75) is 32.1 Å². The van der Waals surface area contributed by atoms with Gasteiger partial charge in [0.05, 0.1) is 14.2 Å². The zero-order chi connectivity index (χ0) is 28.8. The van der Waals surface area contributed by atoms with Crippen LogP contribution < -0.4 is 14.8 Å². The Hall–Kier alpha value is -4.24. The predicted molar refractivity (Wildman–Crippen MR) is 160 cm³/mol. The van der Waals surface area contributed by atoms with Crippen molar-refractivity contribution in [2.75, 3.05) is 32.6 Å². The lowest BCUT2D eigenvalue weighted by Gasteiger charge is -2.23. The standard InChI is InChI=1S/C32H34N4O4S/c1-21-9-12-24(13-10-21)30-34-35-32(41-30)33-29(37)16-18-36(17-15-22-11-14-27(39-2)28(19-22)40-3)31(38)26-20-25(26)23-7-5-4-6-8-23/h4-14,19,25-26H,15-18,20H2,1-3H3,(H,33,35,37). The van der Waals surface area contributed by atoms with Gasteiger partial charge >= 0.3 is 0 Å². The Bertz CT molecular complexity index is 1490. The lowest BCUT2D eigenvalue weighted by Crippen LogP contribution is -2.36. The Kier molecular flexibility index (Phi) is 8.94.